The highest BCUT2D eigenvalue weighted by Crippen LogP contribution is 2.15. The molecule has 0 aliphatic carbocycles. The van der Waals surface area contributed by atoms with Gasteiger partial charge < -0.3 is 9.15 Å². The van der Waals surface area contributed by atoms with Crippen LogP contribution in [0.4, 0.5) is 0 Å². The van der Waals surface area contributed by atoms with Gasteiger partial charge in [0, 0.05) is 12.6 Å². The molecule has 2 rings (SSSR count). The van der Waals surface area contributed by atoms with E-state index in [1.807, 2.05) is 26.0 Å². The maximum atomic E-state index is 5.52. The molecule has 0 aliphatic rings. The normalized spacial score (nSPS) is 10.4. The van der Waals surface area contributed by atoms with Crippen LogP contribution in [0.5, 0.6) is 5.75 Å². The van der Waals surface area contributed by atoms with Crippen LogP contribution in [0.3, 0.4) is 0 Å². The number of hydrogen-bond donors (Lipinski definition) is 0. The van der Waals surface area contributed by atoms with E-state index in [2.05, 4.69) is 15.2 Å². The van der Waals surface area contributed by atoms with Gasteiger partial charge >= 0.3 is 0 Å². The Morgan fingerprint density at radius 1 is 1.31 bits per heavy atom. The summed E-state index contributed by atoms with van der Waals surface area (Å²) in [6.45, 7) is 4.13. The number of aryl methyl sites for hydroxylation is 2. The molecule has 0 atom stereocenters. The zero-order chi connectivity index (χ0) is 11.4. The van der Waals surface area contributed by atoms with Crippen molar-refractivity contribution in [1.29, 1.82) is 0 Å². The summed E-state index contributed by atoms with van der Waals surface area (Å²) in [4.78, 5) is 4.12. The molecule has 0 unspecified atom stereocenters. The lowest BCUT2D eigenvalue weighted by molar-refractivity contribution is 0.256. The minimum absolute atomic E-state index is 0.277. The van der Waals surface area contributed by atoms with Crippen molar-refractivity contribution < 1.29 is 9.15 Å². The monoisotopic (exact) mass is 219 g/mol. The summed E-state index contributed by atoms with van der Waals surface area (Å²) >= 11 is 0. The van der Waals surface area contributed by atoms with Crippen molar-refractivity contribution in [2.75, 3.05) is 0 Å². The van der Waals surface area contributed by atoms with Crippen LogP contribution in [0, 0.1) is 6.92 Å². The fraction of sp³-hybridized carbons (Fsp3) is 0.364. The van der Waals surface area contributed by atoms with E-state index >= 15 is 0 Å². The van der Waals surface area contributed by atoms with Gasteiger partial charge in [-0.05, 0) is 19.1 Å². The van der Waals surface area contributed by atoms with Gasteiger partial charge in [0.05, 0.1) is 5.69 Å². The molecule has 0 aromatic carbocycles. The molecule has 84 valence electrons. The van der Waals surface area contributed by atoms with Gasteiger partial charge in [0.1, 0.15) is 5.75 Å². The number of nitrogens with zero attached hydrogens (tertiary/aromatic N) is 3. The lowest BCUT2D eigenvalue weighted by Gasteiger charge is -2.04. The predicted octanol–water partition coefficient (Wildman–Crippen LogP) is 1.91. The third-order valence-corrected chi connectivity index (χ3v) is 2.12. The average molecular weight is 219 g/mol. The summed E-state index contributed by atoms with van der Waals surface area (Å²) < 4.78 is 10.8. The van der Waals surface area contributed by atoms with Gasteiger partial charge in [-0.3, -0.25) is 4.98 Å². The largest absolute Gasteiger partial charge is 0.482 e. The summed E-state index contributed by atoms with van der Waals surface area (Å²) in [5.41, 5.74) is 0.845. The average Bonchev–Trinajstić information content (AvgIpc) is 2.76. The van der Waals surface area contributed by atoms with Crippen molar-refractivity contribution in [1.82, 2.24) is 15.2 Å². The Kier molecular flexibility index (Phi) is 3.14. The summed E-state index contributed by atoms with van der Waals surface area (Å²) in [6.07, 6.45) is 2.46. The quantitative estimate of drug-likeness (QED) is 0.786. The summed E-state index contributed by atoms with van der Waals surface area (Å²) in [6, 6.07) is 3.69. The molecule has 0 fully saturated rings. The molecule has 0 spiro atoms. The minimum atomic E-state index is 0.277. The molecule has 16 heavy (non-hydrogen) atoms. The molecule has 2 heterocycles. The summed E-state index contributed by atoms with van der Waals surface area (Å²) in [5.74, 6) is 1.85. The van der Waals surface area contributed by atoms with E-state index in [4.69, 9.17) is 9.15 Å². The van der Waals surface area contributed by atoms with Gasteiger partial charge in [-0.1, -0.05) is 6.92 Å². The smallest absolute Gasteiger partial charge is 0.253 e. The van der Waals surface area contributed by atoms with E-state index in [0.29, 0.717) is 11.8 Å². The third kappa shape index (κ3) is 2.36. The first-order chi connectivity index (χ1) is 7.79. The number of pyridine rings is 1. The standard InChI is InChI=1S/C11H13N3O2/c1-3-10-13-14-11(16-10)7-15-9-5-4-6-12-8(9)2/h4-6H,3,7H2,1-2H3. The van der Waals surface area contributed by atoms with Gasteiger partial charge in [-0.15, -0.1) is 10.2 Å². The zero-order valence-corrected chi connectivity index (χ0v) is 9.30. The van der Waals surface area contributed by atoms with E-state index in [9.17, 15) is 0 Å². The van der Waals surface area contributed by atoms with Crippen LogP contribution < -0.4 is 4.74 Å². The highest BCUT2D eigenvalue weighted by Gasteiger charge is 2.06. The molecule has 5 heteroatoms. The van der Waals surface area contributed by atoms with Crippen molar-refractivity contribution in [3.8, 4) is 5.75 Å². The number of aromatic nitrogens is 3. The van der Waals surface area contributed by atoms with Gasteiger partial charge in [0.2, 0.25) is 5.89 Å². The first-order valence-electron chi connectivity index (χ1n) is 5.15. The molecule has 0 bridgehead atoms. The second kappa shape index (κ2) is 4.74. The molecule has 0 saturated heterocycles. The molecular formula is C11H13N3O2. The molecule has 2 aromatic rings. The van der Waals surface area contributed by atoms with Crippen molar-refractivity contribution in [3.63, 3.8) is 0 Å². The fourth-order valence-corrected chi connectivity index (χ4v) is 1.25. The maximum absolute atomic E-state index is 5.52. The fourth-order valence-electron chi connectivity index (χ4n) is 1.25. The minimum Gasteiger partial charge on any atom is -0.482 e. The molecule has 0 radical (unpaired) electrons. The number of hydrogen-bond acceptors (Lipinski definition) is 5. The molecule has 0 saturated carbocycles. The lowest BCUT2D eigenvalue weighted by Crippen LogP contribution is -1.98. The number of rotatable bonds is 4. The van der Waals surface area contributed by atoms with Gasteiger partial charge in [0.25, 0.3) is 5.89 Å². The Balaban J connectivity index is 1.99. The Morgan fingerprint density at radius 2 is 2.12 bits per heavy atom. The van der Waals surface area contributed by atoms with Gasteiger partial charge in [0.15, 0.2) is 6.61 Å². The third-order valence-electron chi connectivity index (χ3n) is 2.12. The van der Waals surface area contributed by atoms with Crippen molar-refractivity contribution in [2.24, 2.45) is 0 Å². The van der Waals surface area contributed by atoms with E-state index < -0.39 is 0 Å². The van der Waals surface area contributed by atoms with E-state index in [-0.39, 0.29) is 6.61 Å². The van der Waals surface area contributed by atoms with E-state index in [0.717, 1.165) is 17.9 Å². The Hall–Kier alpha value is -1.91. The molecule has 0 N–H and O–H groups in total. The van der Waals surface area contributed by atoms with Crippen LogP contribution in [-0.4, -0.2) is 15.2 Å². The molecule has 5 nitrogen and oxygen atoms in total. The van der Waals surface area contributed by atoms with Crippen molar-refractivity contribution in [3.05, 3.63) is 35.8 Å². The summed E-state index contributed by atoms with van der Waals surface area (Å²) in [7, 11) is 0. The maximum Gasteiger partial charge on any atom is 0.253 e. The molecule has 0 aliphatic heterocycles. The number of ether oxygens (including phenoxy) is 1. The van der Waals surface area contributed by atoms with Crippen molar-refractivity contribution in [2.45, 2.75) is 26.9 Å². The Morgan fingerprint density at radius 3 is 2.81 bits per heavy atom. The molecule has 2 aromatic heterocycles. The van der Waals surface area contributed by atoms with Gasteiger partial charge in [-0.25, -0.2) is 0 Å². The first kappa shape index (κ1) is 10.6. The van der Waals surface area contributed by atoms with Crippen LogP contribution in [0.25, 0.3) is 0 Å². The van der Waals surface area contributed by atoms with Crippen LogP contribution in [0.15, 0.2) is 22.7 Å². The highest BCUT2D eigenvalue weighted by molar-refractivity contribution is 5.25. The van der Waals surface area contributed by atoms with Crippen LogP contribution in [0.2, 0.25) is 0 Å². The van der Waals surface area contributed by atoms with E-state index in [1.54, 1.807) is 6.20 Å². The highest BCUT2D eigenvalue weighted by atomic mass is 16.5. The second-order valence-corrected chi connectivity index (χ2v) is 3.32. The lowest BCUT2D eigenvalue weighted by atomic mass is 10.3. The Bertz CT molecular complexity index is 468. The molecule has 0 amide bonds. The van der Waals surface area contributed by atoms with Crippen LogP contribution in [-0.2, 0) is 13.0 Å². The topological polar surface area (TPSA) is 61.0 Å². The summed E-state index contributed by atoms with van der Waals surface area (Å²) in [5, 5.41) is 7.73. The van der Waals surface area contributed by atoms with Crippen molar-refractivity contribution >= 4 is 0 Å². The SMILES string of the molecule is CCc1nnc(COc2cccnc2C)o1. The molecular weight excluding hydrogens is 206 g/mol. The van der Waals surface area contributed by atoms with Gasteiger partial charge in [-0.2, -0.15) is 0 Å². The zero-order valence-electron chi connectivity index (χ0n) is 9.30. The van der Waals surface area contributed by atoms with Crippen LogP contribution in [0.1, 0.15) is 24.4 Å². The second-order valence-electron chi connectivity index (χ2n) is 3.32. The Labute approximate surface area is 93.5 Å². The first-order valence-corrected chi connectivity index (χ1v) is 5.15. The van der Waals surface area contributed by atoms with E-state index in [1.165, 1.54) is 0 Å². The van der Waals surface area contributed by atoms with Crippen LogP contribution >= 0.6 is 0 Å². The predicted molar refractivity (Wildman–Crippen MR) is 57.0 cm³/mol.